The van der Waals surface area contributed by atoms with Crippen LogP contribution in [0, 0.1) is 0 Å². The standard InChI is InChI=1S/C18H27F3N2/c1-17(2,3)14-8-13(9-15(10-14)18(19,20)21)11-23-7-6-16(12-23)22(4)5/h8-10,16H,6-7,11-12H2,1-5H3/t16-/m0/s1. The molecule has 5 heteroatoms. The van der Waals surface area contributed by atoms with E-state index in [-0.39, 0.29) is 5.41 Å². The number of hydrogen-bond acceptors (Lipinski definition) is 2. The van der Waals surface area contributed by atoms with Crippen LogP contribution in [-0.2, 0) is 18.1 Å². The molecular weight excluding hydrogens is 301 g/mol. The minimum atomic E-state index is -4.30. The van der Waals surface area contributed by atoms with Crippen molar-refractivity contribution in [1.29, 1.82) is 0 Å². The van der Waals surface area contributed by atoms with Crippen molar-refractivity contribution < 1.29 is 13.2 Å². The Morgan fingerprint density at radius 2 is 1.70 bits per heavy atom. The first-order valence-electron chi connectivity index (χ1n) is 8.07. The van der Waals surface area contributed by atoms with Crippen LogP contribution in [0.3, 0.4) is 0 Å². The van der Waals surface area contributed by atoms with Crippen molar-refractivity contribution in [1.82, 2.24) is 9.80 Å². The van der Waals surface area contributed by atoms with Gasteiger partial charge in [0.25, 0.3) is 0 Å². The summed E-state index contributed by atoms with van der Waals surface area (Å²) in [6.07, 6.45) is -3.23. The molecule has 1 fully saturated rings. The van der Waals surface area contributed by atoms with Gasteiger partial charge in [0.1, 0.15) is 0 Å². The van der Waals surface area contributed by atoms with Crippen LogP contribution in [-0.4, -0.2) is 43.0 Å². The van der Waals surface area contributed by atoms with Gasteiger partial charge in [-0.1, -0.05) is 26.8 Å². The van der Waals surface area contributed by atoms with E-state index in [1.807, 2.05) is 26.8 Å². The molecule has 0 aromatic heterocycles. The Morgan fingerprint density at radius 1 is 1.09 bits per heavy atom. The lowest BCUT2D eigenvalue weighted by Gasteiger charge is -2.24. The Hall–Kier alpha value is -1.07. The molecule has 2 rings (SSSR count). The third kappa shape index (κ3) is 4.70. The van der Waals surface area contributed by atoms with Gasteiger partial charge in [-0.25, -0.2) is 0 Å². The molecule has 0 amide bonds. The average Bonchev–Trinajstić information content (AvgIpc) is 2.85. The van der Waals surface area contributed by atoms with Crippen LogP contribution in [0.4, 0.5) is 13.2 Å². The van der Waals surface area contributed by atoms with E-state index in [0.29, 0.717) is 12.6 Å². The van der Waals surface area contributed by atoms with Crippen molar-refractivity contribution in [2.24, 2.45) is 0 Å². The van der Waals surface area contributed by atoms with Gasteiger partial charge < -0.3 is 4.90 Å². The highest BCUT2D eigenvalue weighted by molar-refractivity contribution is 5.35. The Morgan fingerprint density at radius 3 is 2.17 bits per heavy atom. The number of benzene rings is 1. The summed E-state index contributed by atoms with van der Waals surface area (Å²) in [5.74, 6) is 0. The summed E-state index contributed by atoms with van der Waals surface area (Å²) in [7, 11) is 4.10. The van der Waals surface area contributed by atoms with Crippen molar-refractivity contribution >= 4 is 0 Å². The van der Waals surface area contributed by atoms with Gasteiger partial charge in [-0.2, -0.15) is 13.2 Å². The molecule has 1 saturated heterocycles. The van der Waals surface area contributed by atoms with Gasteiger partial charge in [-0.05, 0) is 49.2 Å². The number of hydrogen-bond donors (Lipinski definition) is 0. The molecule has 0 radical (unpaired) electrons. The molecule has 23 heavy (non-hydrogen) atoms. The molecule has 0 aliphatic carbocycles. The van der Waals surface area contributed by atoms with E-state index in [9.17, 15) is 13.2 Å². The predicted octanol–water partition coefficient (Wildman–Crippen LogP) is 4.14. The molecule has 0 bridgehead atoms. The molecule has 1 aliphatic heterocycles. The van der Waals surface area contributed by atoms with Crippen LogP contribution in [0.25, 0.3) is 0 Å². The molecule has 2 nitrogen and oxygen atoms in total. The lowest BCUT2D eigenvalue weighted by Crippen LogP contribution is -2.31. The van der Waals surface area contributed by atoms with Crippen molar-refractivity contribution in [3.05, 3.63) is 34.9 Å². The number of rotatable bonds is 3. The fourth-order valence-corrected chi connectivity index (χ4v) is 3.02. The lowest BCUT2D eigenvalue weighted by molar-refractivity contribution is -0.137. The van der Waals surface area contributed by atoms with Crippen molar-refractivity contribution in [2.75, 3.05) is 27.2 Å². The Kier molecular flexibility index (Phi) is 5.12. The van der Waals surface area contributed by atoms with Gasteiger partial charge in [-0.3, -0.25) is 4.90 Å². The van der Waals surface area contributed by atoms with Crippen LogP contribution >= 0.6 is 0 Å². The molecule has 130 valence electrons. The van der Waals surface area contributed by atoms with E-state index in [1.165, 1.54) is 12.1 Å². The molecule has 1 aromatic carbocycles. The zero-order chi connectivity index (χ0) is 17.4. The van der Waals surface area contributed by atoms with Crippen LogP contribution < -0.4 is 0 Å². The number of alkyl halides is 3. The summed E-state index contributed by atoms with van der Waals surface area (Å²) in [5.41, 5.74) is 0.658. The largest absolute Gasteiger partial charge is 0.416 e. The van der Waals surface area contributed by atoms with Crippen molar-refractivity contribution in [3.63, 3.8) is 0 Å². The maximum Gasteiger partial charge on any atom is 0.416 e. The van der Waals surface area contributed by atoms with E-state index >= 15 is 0 Å². The molecule has 0 unspecified atom stereocenters. The molecular formula is C18H27F3N2. The molecule has 0 saturated carbocycles. The second kappa shape index (κ2) is 6.44. The number of likely N-dealkylation sites (N-methyl/N-ethyl adjacent to an activating group) is 1. The first-order valence-corrected chi connectivity index (χ1v) is 8.07. The van der Waals surface area contributed by atoms with Gasteiger partial charge in [0, 0.05) is 25.7 Å². The Bertz CT molecular complexity index is 512. The normalized spacial score (nSPS) is 20.5. The van der Waals surface area contributed by atoms with E-state index in [2.05, 4.69) is 23.9 Å². The number of nitrogens with zero attached hydrogens (tertiary/aromatic N) is 2. The second-order valence-electron chi connectivity index (χ2n) is 7.81. The summed E-state index contributed by atoms with van der Waals surface area (Å²) in [5, 5.41) is 0. The molecule has 0 spiro atoms. The average molecular weight is 328 g/mol. The Balaban J connectivity index is 2.24. The fourth-order valence-electron chi connectivity index (χ4n) is 3.02. The summed E-state index contributed by atoms with van der Waals surface area (Å²) >= 11 is 0. The highest BCUT2D eigenvalue weighted by atomic mass is 19.4. The predicted molar refractivity (Wildman–Crippen MR) is 87.5 cm³/mol. The van der Waals surface area contributed by atoms with E-state index < -0.39 is 11.7 Å². The minimum Gasteiger partial charge on any atom is -0.305 e. The van der Waals surface area contributed by atoms with Crippen LogP contribution in [0.15, 0.2) is 18.2 Å². The lowest BCUT2D eigenvalue weighted by atomic mass is 9.85. The highest BCUT2D eigenvalue weighted by Crippen LogP contribution is 2.34. The van der Waals surface area contributed by atoms with Gasteiger partial charge >= 0.3 is 6.18 Å². The zero-order valence-electron chi connectivity index (χ0n) is 14.7. The highest BCUT2D eigenvalue weighted by Gasteiger charge is 2.33. The maximum absolute atomic E-state index is 13.2. The zero-order valence-corrected chi connectivity index (χ0v) is 14.7. The SMILES string of the molecule is CN(C)[C@H]1CCN(Cc2cc(C(C)(C)C)cc(C(F)(F)F)c2)C1. The second-order valence-corrected chi connectivity index (χ2v) is 7.81. The summed E-state index contributed by atoms with van der Waals surface area (Å²) in [6, 6.07) is 5.01. The van der Waals surface area contributed by atoms with Crippen molar-refractivity contribution in [3.8, 4) is 0 Å². The Labute approximate surface area is 137 Å². The van der Waals surface area contributed by atoms with Gasteiger partial charge in [-0.15, -0.1) is 0 Å². The monoisotopic (exact) mass is 328 g/mol. The summed E-state index contributed by atoms with van der Waals surface area (Å²) in [6.45, 7) is 8.27. The smallest absolute Gasteiger partial charge is 0.305 e. The van der Waals surface area contributed by atoms with Gasteiger partial charge in [0.15, 0.2) is 0 Å². The fraction of sp³-hybridized carbons (Fsp3) is 0.667. The quantitative estimate of drug-likeness (QED) is 0.823. The van der Waals surface area contributed by atoms with Crippen molar-refractivity contribution in [2.45, 2.75) is 51.4 Å². The molecule has 1 aromatic rings. The van der Waals surface area contributed by atoms with E-state index in [1.54, 1.807) is 0 Å². The maximum atomic E-state index is 13.2. The van der Waals surface area contributed by atoms with E-state index in [0.717, 1.165) is 30.6 Å². The summed E-state index contributed by atoms with van der Waals surface area (Å²) in [4.78, 5) is 4.43. The molecule has 1 aliphatic rings. The molecule has 0 N–H and O–H groups in total. The molecule has 1 heterocycles. The number of likely N-dealkylation sites (tertiary alicyclic amines) is 1. The third-order valence-electron chi connectivity index (χ3n) is 4.57. The minimum absolute atomic E-state index is 0.298. The van der Waals surface area contributed by atoms with E-state index in [4.69, 9.17) is 0 Å². The van der Waals surface area contributed by atoms with Gasteiger partial charge in [0.2, 0.25) is 0 Å². The first-order chi connectivity index (χ1) is 10.5. The van der Waals surface area contributed by atoms with Crippen LogP contribution in [0.1, 0.15) is 43.9 Å². The van der Waals surface area contributed by atoms with Crippen LogP contribution in [0.5, 0.6) is 0 Å². The topological polar surface area (TPSA) is 6.48 Å². The van der Waals surface area contributed by atoms with Crippen LogP contribution in [0.2, 0.25) is 0 Å². The first kappa shape index (κ1) is 18.3. The number of halogens is 3. The molecule has 1 atom stereocenters. The van der Waals surface area contributed by atoms with Gasteiger partial charge in [0.05, 0.1) is 5.56 Å². The third-order valence-corrected chi connectivity index (χ3v) is 4.57. The summed E-state index contributed by atoms with van der Waals surface area (Å²) < 4.78 is 39.6.